The van der Waals surface area contributed by atoms with Crippen molar-refractivity contribution in [3.8, 4) is 0 Å². The fourth-order valence-electron chi connectivity index (χ4n) is 3.46. The van der Waals surface area contributed by atoms with Crippen molar-refractivity contribution in [1.82, 2.24) is 14.9 Å². The van der Waals surface area contributed by atoms with E-state index in [-0.39, 0.29) is 0 Å². The Morgan fingerprint density at radius 3 is 2.50 bits per heavy atom. The third-order valence-electron chi connectivity index (χ3n) is 4.55. The molecular formula is C15H23N3. The van der Waals surface area contributed by atoms with Gasteiger partial charge in [-0.15, -0.1) is 0 Å². The molecular weight excluding hydrogens is 222 g/mol. The highest BCUT2D eigenvalue weighted by molar-refractivity contribution is 5.05. The van der Waals surface area contributed by atoms with Crippen LogP contribution in [0.2, 0.25) is 0 Å². The smallest absolute Gasteiger partial charge is 0.131 e. The summed E-state index contributed by atoms with van der Waals surface area (Å²) in [5, 5.41) is 0. The quantitative estimate of drug-likeness (QED) is 0.802. The van der Waals surface area contributed by atoms with Crippen LogP contribution in [-0.2, 0) is 0 Å². The monoisotopic (exact) mass is 245 g/mol. The standard InChI is InChI=1S/C15H23N3/c1-12-6-9-16-15(17-12)13-7-10-18(11-8-13)14-4-2-3-5-14/h6,9,13-14H,2-5,7-8,10-11H2,1H3. The fourth-order valence-corrected chi connectivity index (χ4v) is 3.46. The molecule has 1 aliphatic carbocycles. The molecule has 0 amide bonds. The van der Waals surface area contributed by atoms with E-state index in [1.54, 1.807) is 0 Å². The van der Waals surface area contributed by atoms with Gasteiger partial charge in [0.15, 0.2) is 0 Å². The Labute approximate surface area is 110 Å². The maximum atomic E-state index is 4.59. The molecule has 98 valence electrons. The Morgan fingerprint density at radius 1 is 1.11 bits per heavy atom. The minimum absolute atomic E-state index is 0.586. The predicted octanol–water partition coefficient (Wildman–Crippen LogP) is 2.91. The molecule has 2 aliphatic rings. The van der Waals surface area contributed by atoms with E-state index in [4.69, 9.17) is 0 Å². The van der Waals surface area contributed by atoms with Crippen molar-refractivity contribution in [1.29, 1.82) is 0 Å². The van der Waals surface area contributed by atoms with Crippen molar-refractivity contribution in [3.05, 3.63) is 23.8 Å². The maximum absolute atomic E-state index is 4.59. The first-order valence-electron chi connectivity index (χ1n) is 7.36. The van der Waals surface area contributed by atoms with Gasteiger partial charge in [-0.3, -0.25) is 0 Å². The van der Waals surface area contributed by atoms with E-state index < -0.39 is 0 Å². The second-order valence-corrected chi connectivity index (χ2v) is 5.80. The van der Waals surface area contributed by atoms with Crippen LogP contribution in [-0.4, -0.2) is 34.0 Å². The molecule has 18 heavy (non-hydrogen) atoms. The molecule has 1 aromatic rings. The lowest BCUT2D eigenvalue weighted by Crippen LogP contribution is -2.39. The normalized spacial score (nSPS) is 23.6. The van der Waals surface area contributed by atoms with Crippen LogP contribution in [0.1, 0.15) is 56.0 Å². The average molecular weight is 245 g/mol. The number of aryl methyl sites for hydroxylation is 1. The molecule has 0 atom stereocenters. The summed E-state index contributed by atoms with van der Waals surface area (Å²) in [5.41, 5.74) is 1.10. The number of hydrogen-bond donors (Lipinski definition) is 0. The Bertz CT molecular complexity index is 390. The Balaban J connectivity index is 1.59. The highest BCUT2D eigenvalue weighted by atomic mass is 15.2. The average Bonchev–Trinajstić information content (AvgIpc) is 2.93. The highest BCUT2D eigenvalue weighted by Gasteiger charge is 2.28. The van der Waals surface area contributed by atoms with E-state index in [1.807, 2.05) is 12.3 Å². The van der Waals surface area contributed by atoms with Crippen LogP contribution in [0, 0.1) is 6.92 Å². The van der Waals surface area contributed by atoms with Gasteiger partial charge in [-0.1, -0.05) is 12.8 Å². The van der Waals surface area contributed by atoms with Crippen molar-refractivity contribution in [2.24, 2.45) is 0 Å². The minimum atomic E-state index is 0.586. The van der Waals surface area contributed by atoms with E-state index in [2.05, 4.69) is 21.8 Å². The minimum Gasteiger partial charge on any atom is -0.300 e. The number of rotatable bonds is 2. The zero-order chi connectivity index (χ0) is 12.4. The first kappa shape index (κ1) is 12.1. The van der Waals surface area contributed by atoms with Crippen molar-refractivity contribution in [2.75, 3.05) is 13.1 Å². The van der Waals surface area contributed by atoms with Gasteiger partial charge < -0.3 is 4.90 Å². The SMILES string of the molecule is Cc1ccnc(C2CCN(C3CCCC3)CC2)n1. The van der Waals surface area contributed by atoms with Gasteiger partial charge in [0.2, 0.25) is 0 Å². The first-order valence-corrected chi connectivity index (χ1v) is 7.36. The molecule has 0 spiro atoms. The van der Waals surface area contributed by atoms with Gasteiger partial charge in [-0.2, -0.15) is 0 Å². The number of hydrogen-bond acceptors (Lipinski definition) is 3. The maximum Gasteiger partial charge on any atom is 0.131 e. The number of nitrogens with zero attached hydrogens (tertiary/aromatic N) is 3. The molecule has 1 saturated heterocycles. The molecule has 3 rings (SSSR count). The second-order valence-electron chi connectivity index (χ2n) is 5.80. The molecule has 0 N–H and O–H groups in total. The molecule has 1 saturated carbocycles. The molecule has 0 unspecified atom stereocenters. The van der Waals surface area contributed by atoms with Gasteiger partial charge in [0.25, 0.3) is 0 Å². The zero-order valence-electron chi connectivity index (χ0n) is 11.3. The lowest BCUT2D eigenvalue weighted by atomic mass is 9.94. The molecule has 2 fully saturated rings. The molecule has 3 nitrogen and oxygen atoms in total. The van der Waals surface area contributed by atoms with Gasteiger partial charge in [-0.05, 0) is 51.8 Å². The van der Waals surface area contributed by atoms with Crippen LogP contribution >= 0.6 is 0 Å². The topological polar surface area (TPSA) is 29.0 Å². The number of aromatic nitrogens is 2. The van der Waals surface area contributed by atoms with Gasteiger partial charge in [0.05, 0.1) is 0 Å². The van der Waals surface area contributed by atoms with Gasteiger partial charge >= 0.3 is 0 Å². The molecule has 0 aromatic carbocycles. The van der Waals surface area contributed by atoms with E-state index >= 15 is 0 Å². The van der Waals surface area contributed by atoms with Crippen LogP contribution in [0.4, 0.5) is 0 Å². The van der Waals surface area contributed by atoms with E-state index in [0.29, 0.717) is 5.92 Å². The lowest BCUT2D eigenvalue weighted by Gasteiger charge is -2.35. The van der Waals surface area contributed by atoms with Crippen LogP contribution in [0.5, 0.6) is 0 Å². The summed E-state index contributed by atoms with van der Waals surface area (Å²) in [6.45, 7) is 4.54. The third kappa shape index (κ3) is 2.56. The largest absolute Gasteiger partial charge is 0.300 e. The lowest BCUT2D eigenvalue weighted by molar-refractivity contribution is 0.152. The van der Waals surface area contributed by atoms with Crippen molar-refractivity contribution in [2.45, 2.75) is 57.4 Å². The Hall–Kier alpha value is -0.960. The number of piperidine rings is 1. The third-order valence-corrected chi connectivity index (χ3v) is 4.55. The molecule has 1 aliphatic heterocycles. The summed E-state index contributed by atoms with van der Waals surface area (Å²) in [4.78, 5) is 11.8. The number of likely N-dealkylation sites (tertiary alicyclic amines) is 1. The molecule has 3 heteroatoms. The van der Waals surface area contributed by atoms with Crippen molar-refractivity contribution < 1.29 is 0 Å². The predicted molar refractivity (Wildman–Crippen MR) is 72.6 cm³/mol. The summed E-state index contributed by atoms with van der Waals surface area (Å²) in [7, 11) is 0. The van der Waals surface area contributed by atoms with E-state index in [1.165, 1.54) is 51.6 Å². The van der Waals surface area contributed by atoms with Crippen LogP contribution in [0.15, 0.2) is 12.3 Å². The molecule has 2 heterocycles. The van der Waals surface area contributed by atoms with Crippen molar-refractivity contribution in [3.63, 3.8) is 0 Å². The summed E-state index contributed by atoms with van der Waals surface area (Å²) < 4.78 is 0. The van der Waals surface area contributed by atoms with Gasteiger partial charge in [0.1, 0.15) is 5.82 Å². The van der Waals surface area contributed by atoms with Crippen molar-refractivity contribution >= 4 is 0 Å². The van der Waals surface area contributed by atoms with E-state index in [0.717, 1.165) is 17.6 Å². The Morgan fingerprint density at radius 2 is 1.83 bits per heavy atom. The second kappa shape index (κ2) is 5.35. The van der Waals surface area contributed by atoms with Crippen LogP contribution < -0.4 is 0 Å². The molecule has 0 radical (unpaired) electrons. The summed E-state index contributed by atoms with van der Waals surface area (Å²) >= 11 is 0. The van der Waals surface area contributed by atoms with E-state index in [9.17, 15) is 0 Å². The zero-order valence-corrected chi connectivity index (χ0v) is 11.3. The van der Waals surface area contributed by atoms with Gasteiger partial charge in [-0.25, -0.2) is 9.97 Å². The fraction of sp³-hybridized carbons (Fsp3) is 0.733. The molecule has 0 bridgehead atoms. The van der Waals surface area contributed by atoms with Gasteiger partial charge in [0, 0.05) is 23.9 Å². The highest BCUT2D eigenvalue weighted by Crippen LogP contribution is 2.30. The molecule has 1 aromatic heterocycles. The summed E-state index contributed by atoms with van der Waals surface area (Å²) in [6.07, 6.45) is 10.1. The summed E-state index contributed by atoms with van der Waals surface area (Å²) in [5.74, 6) is 1.66. The first-order chi connectivity index (χ1) is 8.83. The van der Waals surface area contributed by atoms with Crippen LogP contribution in [0.25, 0.3) is 0 Å². The summed E-state index contributed by atoms with van der Waals surface area (Å²) in [6, 6.07) is 2.86. The van der Waals surface area contributed by atoms with Crippen LogP contribution in [0.3, 0.4) is 0 Å². The Kier molecular flexibility index (Phi) is 3.59.